The van der Waals surface area contributed by atoms with E-state index < -0.39 is 0 Å². The molecule has 2 aromatic rings. The van der Waals surface area contributed by atoms with Crippen LogP contribution in [0.4, 0.5) is 0 Å². The van der Waals surface area contributed by atoms with Crippen molar-refractivity contribution in [3.63, 3.8) is 0 Å². The summed E-state index contributed by atoms with van der Waals surface area (Å²) in [6.45, 7) is 4.00. The van der Waals surface area contributed by atoms with Gasteiger partial charge in [0.1, 0.15) is 0 Å². The fourth-order valence-electron chi connectivity index (χ4n) is 1.87. The number of aromatic nitrogens is 3. The quantitative estimate of drug-likeness (QED) is 0.743. The number of aromatic amines is 1. The summed E-state index contributed by atoms with van der Waals surface area (Å²) >= 11 is 0. The van der Waals surface area contributed by atoms with Gasteiger partial charge in [-0.05, 0) is 13.8 Å². The summed E-state index contributed by atoms with van der Waals surface area (Å²) in [5, 5.41) is 5.35. The predicted octanol–water partition coefficient (Wildman–Crippen LogP) is 0.0579. The zero-order valence-corrected chi connectivity index (χ0v) is 12.7. The summed E-state index contributed by atoms with van der Waals surface area (Å²) in [4.78, 5) is 26.7. The van der Waals surface area contributed by atoms with Crippen LogP contribution in [0.1, 0.15) is 17.0 Å². The van der Waals surface area contributed by atoms with Crippen molar-refractivity contribution in [1.82, 2.24) is 19.9 Å². The molecule has 0 aliphatic carbocycles. The number of carbonyl (C=O) groups is 1. The van der Waals surface area contributed by atoms with Gasteiger partial charge in [-0.1, -0.05) is 0 Å². The maximum atomic E-state index is 11.3. The summed E-state index contributed by atoms with van der Waals surface area (Å²) in [7, 11) is 0. The molecule has 0 bridgehead atoms. The molecule has 0 atom stereocenters. The highest BCUT2D eigenvalue weighted by Crippen LogP contribution is 2.12. The molecule has 112 valence electrons. The van der Waals surface area contributed by atoms with Crippen LogP contribution in [0.25, 0.3) is 5.65 Å². The Morgan fingerprint density at radius 3 is 2.70 bits per heavy atom. The number of halogens is 2. The van der Waals surface area contributed by atoms with Crippen molar-refractivity contribution in [2.24, 2.45) is 5.73 Å². The van der Waals surface area contributed by atoms with Crippen LogP contribution in [0.2, 0.25) is 0 Å². The first-order valence-corrected chi connectivity index (χ1v) is 5.57. The lowest BCUT2D eigenvalue weighted by atomic mass is 10.1. The number of hydrogen-bond acceptors (Lipinski definition) is 4. The first kappa shape index (κ1) is 18.4. The molecular formula is C11H17Cl2N5O2. The number of fused-ring (bicyclic) bond motifs is 1. The first-order chi connectivity index (χ1) is 8.52. The third kappa shape index (κ3) is 3.50. The van der Waals surface area contributed by atoms with Gasteiger partial charge in [0.05, 0.1) is 6.54 Å². The normalized spacial score (nSPS) is 9.75. The van der Waals surface area contributed by atoms with Crippen LogP contribution in [0.3, 0.4) is 0 Å². The molecule has 0 aliphatic rings. The number of amides is 1. The summed E-state index contributed by atoms with van der Waals surface area (Å²) in [6, 6.07) is 1.43. The Morgan fingerprint density at radius 2 is 2.10 bits per heavy atom. The van der Waals surface area contributed by atoms with Crippen LogP contribution < -0.4 is 16.6 Å². The lowest BCUT2D eigenvalue weighted by Gasteiger charge is -2.11. The number of hydrogen-bond donors (Lipinski definition) is 3. The van der Waals surface area contributed by atoms with Crippen LogP contribution in [-0.2, 0) is 11.3 Å². The van der Waals surface area contributed by atoms with E-state index in [-0.39, 0.29) is 42.8 Å². The Hall–Kier alpha value is -1.57. The van der Waals surface area contributed by atoms with E-state index in [1.54, 1.807) is 4.52 Å². The van der Waals surface area contributed by atoms with E-state index in [1.807, 2.05) is 13.8 Å². The molecule has 4 N–H and O–H groups in total. The van der Waals surface area contributed by atoms with Crippen molar-refractivity contribution in [2.75, 3.05) is 6.54 Å². The number of aryl methyl sites for hydroxylation is 2. The second-order valence-electron chi connectivity index (χ2n) is 4.06. The van der Waals surface area contributed by atoms with Crippen molar-refractivity contribution < 1.29 is 4.79 Å². The Morgan fingerprint density at radius 1 is 1.45 bits per heavy atom. The minimum absolute atomic E-state index is 0. The largest absolute Gasteiger partial charge is 0.351 e. The second-order valence-corrected chi connectivity index (χ2v) is 4.06. The number of nitrogens with one attached hydrogen (secondary N) is 2. The molecule has 0 saturated heterocycles. The van der Waals surface area contributed by atoms with Crippen LogP contribution in [-0.4, -0.2) is 27.0 Å². The van der Waals surface area contributed by atoms with Gasteiger partial charge < -0.3 is 11.1 Å². The number of nitrogens with zero attached hydrogens (tertiary/aromatic N) is 2. The molecule has 0 aromatic carbocycles. The van der Waals surface area contributed by atoms with Crippen molar-refractivity contribution in [3.05, 3.63) is 33.4 Å². The number of rotatable bonds is 3. The van der Waals surface area contributed by atoms with Crippen LogP contribution in [0, 0.1) is 13.8 Å². The zero-order valence-electron chi connectivity index (χ0n) is 11.1. The maximum absolute atomic E-state index is 11.3. The van der Waals surface area contributed by atoms with Gasteiger partial charge in [0.25, 0.3) is 5.56 Å². The van der Waals surface area contributed by atoms with E-state index in [2.05, 4.69) is 15.4 Å². The van der Waals surface area contributed by atoms with Gasteiger partial charge in [-0.25, -0.2) is 9.50 Å². The van der Waals surface area contributed by atoms with Gasteiger partial charge >= 0.3 is 0 Å². The Labute approximate surface area is 127 Å². The number of nitrogens with two attached hydrogens (primary N) is 1. The number of H-pyrrole nitrogens is 1. The zero-order chi connectivity index (χ0) is 13.3. The molecule has 2 rings (SSSR count). The molecule has 2 aromatic heterocycles. The standard InChI is InChI=1S/C11H15N5O2.2ClH/c1-6-8(5-13-11(18)4-12)7(2)16-9(14-6)3-10(17)15-16;;/h3H,4-5,12H2,1-2H3,(H,13,18)(H,15,17);2*1H. The molecule has 0 saturated carbocycles. The highest BCUT2D eigenvalue weighted by molar-refractivity contribution is 5.85. The molecule has 0 spiro atoms. The predicted molar refractivity (Wildman–Crippen MR) is 80.7 cm³/mol. The van der Waals surface area contributed by atoms with Gasteiger partial charge in [-0.2, -0.15) is 0 Å². The van der Waals surface area contributed by atoms with Crippen molar-refractivity contribution in [1.29, 1.82) is 0 Å². The highest BCUT2D eigenvalue weighted by atomic mass is 35.5. The van der Waals surface area contributed by atoms with Gasteiger partial charge in [0, 0.05) is 29.6 Å². The molecule has 20 heavy (non-hydrogen) atoms. The van der Waals surface area contributed by atoms with E-state index >= 15 is 0 Å². The molecule has 0 aliphatic heterocycles. The summed E-state index contributed by atoms with van der Waals surface area (Å²) in [6.07, 6.45) is 0. The fraction of sp³-hybridized carbons (Fsp3) is 0.364. The van der Waals surface area contributed by atoms with Crippen molar-refractivity contribution in [2.45, 2.75) is 20.4 Å². The third-order valence-electron chi connectivity index (χ3n) is 2.85. The molecule has 0 unspecified atom stereocenters. The van der Waals surface area contributed by atoms with E-state index in [9.17, 15) is 9.59 Å². The van der Waals surface area contributed by atoms with E-state index in [0.29, 0.717) is 12.2 Å². The molecule has 0 fully saturated rings. The minimum atomic E-state index is -0.227. The maximum Gasteiger partial charge on any atom is 0.266 e. The Balaban J connectivity index is 0.00000180. The average Bonchev–Trinajstić information content (AvgIpc) is 2.69. The molecular weight excluding hydrogens is 305 g/mol. The monoisotopic (exact) mass is 321 g/mol. The molecule has 2 heterocycles. The lowest BCUT2D eigenvalue weighted by Crippen LogP contribution is -2.30. The number of carbonyl (C=O) groups excluding carboxylic acids is 1. The second kappa shape index (κ2) is 7.28. The summed E-state index contributed by atoms with van der Waals surface area (Å²) in [5.74, 6) is -0.227. The third-order valence-corrected chi connectivity index (χ3v) is 2.85. The van der Waals surface area contributed by atoms with Gasteiger partial charge in [-0.15, -0.1) is 24.8 Å². The van der Waals surface area contributed by atoms with E-state index in [4.69, 9.17) is 5.73 Å². The first-order valence-electron chi connectivity index (χ1n) is 5.57. The summed E-state index contributed by atoms with van der Waals surface area (Å²) in [5.41, 5.74) is 8.10. The van der Waals surface area contributed by atoms with Crippen LogP contribution in [0.5, 0.6) is 0 Å². The summed E-state index contributed by atoms with van der Waals surface area (Å²) < 4.78 is 1.61. The SMILES string of the molecule is Cc1nc2cc(=O)[nH]n2c(C)c1CNC(=O)CN.Cl.Cl. The molecule has 7 nitrogen and oxygen atoms in total. The van der Waals surface area contributed by atoms with Crippen molar-refractivity contribution in [3.8, 4) is 0 Å². The topological polar surface area (TPSA) is 105 Å². The molecule has 0 radical (unpaired) electrons. The van der Waals surface area contributed by atoms with Gasteiger partial charge in [-0.3, -0.25) is 14.7 Å². The van der Waals surface area contributed by atoms with Crippen molar-refractivity contribution >= 4 is 36.4 Å². The average molecular weight is 322 g/mol. The smallest absolute Gasteiger partial charge is 0.266 e. The van der Waals surface area contributed by atoms with Crippen LogP contribution in [0.15, 0.2) is 10.9 Å². The Bertz CT molecular complexity index is 665. The van der Waals surface area contributed by atoms with Gasteiger partial charge in [0.15, 0.2) is 5.65 Å². The van der Waals surface area contributed by atoms with Gasteiger partial charge in [0.2, 0.25) is 5.91 Å². The highest BCUT2D eigenvalue weighted by Gasteiger charge is 2.11. The van der Waals surface area contributed by atoms with Crippen LogP contribution >= 0.6 is 24.8 Å². The molecule has 1 amide bonds. The Kier molecular flexibility index (Phi) is 6.70. The fourth-order valence-corrected chi connectivity index (χ4v) is 1.87. The molecule has 9 heteroatoms. The lowest BCUT2D eigenvalue weighted by molar-refractivity contribution is -0.119. The van der Waals surface area contributed by atoms with E-state index in [0.717, 1.165) is 17.0 Å². The van der Waals surface area contributed by atoms with E-state index in [1.165, 1.54) is 6.07 Å². The minimum Gasteiger partial charge on any atom is -0.351 e.